The van der Waals surface area contributed by atoms with Gasteiger partial charge in [0.05, 0.1) is 0 Å². The number of nitrogens with one attached hydrogen (secondary N) is 1. The van der Waals surface area contributed by atoms with Crippen molar-refractivity contribution in [3.63, 3.8) is 0 Å². The number of thiocarbonyl (C=S) groups is 1. The molecule has 0 spiro atoms. The van der Waals surface area contributed by atoms with E-state index in [9.17, 15) is 0 Å². The molecule has 3 heteroatoms. The summed E-state index contributed by atoms with van der Waals surface area (Å²) in [6, 6.07) is 4.50. The van der Waals surface area contributed by atoms with Crippen LogP contribution in [0, 0.1) is 0 Å². The Kier molecular flexibility index (Phi) is 3.67. The van der Waals surface area contributed by atoms with E-state index in [0.29, 0.717) is 6.04 Å². The molecule has 1 heterocycles. The summed E-state index contributed by atoms with van der Waals surface area (Å²) in [5, 5.41) is 3.43. The fourth-order valence-electron chi connectivity index (χ4n) is 2.01. The van der Waals surface area contributed by atoms with Crippen LogP contribution in [0.3, 0.4) is 0 Å². The van der Waals surface area contributed by atoms with Gasteiger partial charge in [0.1, 0.15) is 4.99 Å². The van der Waals surface area contributed by atoms with Crippen LogP contribution in [-0.2, 0) is 0 Å². The SMILES string of the molecule is S=C(NC1CCCCC1)c1cccnc1. The Balaban J connectivity index is 1.91. The molecule has 0 aromatic carbocycles. The first-order valence-corrected chi connectivity index (χ1v) is 5.98. The summed E-state index contributed by atoms with van der Waals surface area (Å²) < 4.78 is 0. The molecule has 2 rings (SSSR count). The molecule has 0 unspecified atom stereocenters. The first-order valence-electron chi connectivity index (χ1n) is 5.57. The van der Waals surface area contributed by atoms with Crippen molar-refractivity contribution in [2.24, 2.45) is 0 Å². The lowest BCUT2D eigenvalue weighted by Gasteiger charge is -2.24. The molecule has 1 aliphatic rings. The average Bonchev–Trinajstić information content (AvgIpc) is 2.31. The lowest BCUT2D eigenvalue weighted by molar-refractivity contribution is 0.415. The van der Waals surface area contributed by atoms with Crippen LogP contribution in [0.15, 0.2) is 24.5 Å². The zero-order valence-electron chi connectivity index (χ0n) is 8.78. The number of pyridine rings is 1. The zero-order valence-corrected chi connectivity index (χ0v) is 9.59. The highest BCUT2D eigenvalue weighted by atomic mass is 32.1. The number of hydrogen-bond acceptors (Lipinski definition) is 2. The molecule has 1 aliphatic carbocycles. The van der Waals surface area contributed by atoms with Gasteiger partial charge < -0.3 is 5.32 Å². The summed E-state index contributed by atoms with van der Waals surface area (Å²) >= 11 is 5.35. The van der Waals surface area contributed by atoms with Gasteiger partial charge in [-0.15, -0.1) is 0 Å². The Labute approximate surface area is 96.1 Å². The van der Waals surface area contributed by atoms with Crippen LogP contribution in [0.25, 0.3) is 0 Å². The van der Waals surface area contributed by atoms with Gasteiger partial charge in [0, 0.05) is 24.0 Å². The van der Waals surface area contributed by atoms with Crippen molar-refractivity contribution in [2.75, 3.05) is 0 Å². The summed E-state index contributed by atoms with van der Waals surface area (Å²) in [5.74, 6) is 0. The van der Waals surface area contributed by atoms with Crippen molar-refractivity contribution in [2.45, 2.75) is 38.1 Å². The van der Waals surface area contributed by atoms with Crippen molar-refractivity contribution in [1.82, 2.24) is 10.3 Å². The van der Waals surface area contributed by atoms with Crippen LogP contribution in [0.5, 0.6) is 0 Å². The summed E-state index contributed by atoms with van der Waals surface area (Å²) in [5.41, 5.74) is 1.03. The van der Waals surface area contributed by atoms with Crippen molar-refractivity contribution in [1.29, 1.82) is 0 Å². The van der Waals surface area contributed by atoms with E-state index in [4.69, 9.17) is 12.2 Å². The lowest BCUT2D eigenvalue weighted by Crippen LogP contribution is -2.35. The molecule has 1 saturated carbocycles. The van der Waals surface area contributed by atoms with Gasteiger partial charge in [0.15, 0.2) is 0 Å². The molecule has 0 bridgehead atoms. The molecule has 0 saturated heterocycles. The van der Waals surface area contributed by atoms with Crippen LogP contribution >= 0.6 is 12.2 Å². The molecular weight excluding hydrogens is 204 g/mol. The van der Waals surface area contributed by atoms with Crippen molar-refractivity contribution in [3.05, 3.63) is 30.1 Å². The van der Waals surface area contributed by atoms with Gasteiger partial charge in [-0.1, -0.05) is 31.5 Å². The minimum atomic E-state index is 0.575. The van der Waals surface area contributed by atoms with E-state index in [1.807, 2.05) is 18.3 Å². The van der Waals surface area contributed by atoms with Crippen molar-refractivity contribution in [3.8, 4) is 0 Å². The van der Waals surface area contributed by atoms with E-state index >= 15 is 0 Å². The molecule has 0 atom stereocenters. The van der Waals surface area contributed by atoms with Crippen LogP contribution < -0.4 is 5.32 Å². The third-order valence-corrected chi connectivity index (χ3v) is 3.22. The maximum Gasteiger partial charge on any atom is 0.108 e. The summed E-state index contributed by atoms with van der Waals surface area (Å²) in [6.07, 6.45) is 10.1. The minimum Gasteiger partial charge on any atom is -0.373 e. The molecular formula is C12H16N2S. The quantitative estimate of drug-likeness (QED) is 0.776. The van der Waals surface area contributed by atoms with E-state index in [1.165, 1.54) is 32.1 Å². The third kappa shape index (κ3) is 2.99. The molecule has 0 amide bonds. The highest BCUT2D eigenvalue weighted by molar-refractivity contribution is 7.80. The normalized spacial score (nSPS) is 17.3. The Morgan fingerprint density at radius 1 is 1.33 bits per heavy atom. The van der Waals surface area contributed by atoms with Crippen LogP contribution in [0.2, 0.25) is 0 Å². The largest absolute Gasteiger partial charge is 0.373 e. The Bertz CT molecular complexity index is 318. The zero-order chi connectivity index (χ0) is 10.5. The van der Waals surface area contributed by atoms with E-state index in [-0.39, 0.29) is 0 Å². The number of rotatable bonds is 2. The lowest BCUT2D eigenvalue weighted by atomic mass is 9.95. The Morgan fingerprint density at radius 2 is 2.13 bits per heavy atom. The fraction of sp³-hybridized carbons (Fsp3) is 0.500. The molecule has 15 heavy (non-hydrogen) atoms. The Morgan fingerprint density at radius 3 is 2.80 bits per heavy atom. The van der Waals surface area contributed by atoms with E-state index in [2.05, 4.69) is 10.3 Å². The van der Waals surface area contributed by atoms with Gasteiger partial charge in [-0.05, 0) is 25.0 Å². The smallest absolute Gasteiger partial charge is 0.108 e. The molecule has 0 radical (unpaired) electrons. The van der Waals surface area contributed by atoms with Gasteiger partial charge in [-0.25, -0.2) is 0 Å². The predicted octanol–water partition coefficient (Wildman–Crippen LogP) is 2.68. The number of hydrogen-bond donors (Lipinski definition) is 1. The number of nitrogens with zero attached hydrogens (tertiary/aromatic N) is 1. The van der Waals surface area contributed by atoms with E-state index in [1.54, 1.807) is 6.20 Å². The maximum absolute atomic E-state index is 5.35. The van der Waals surface area contributed by atoms with Crippen LogP contribution in [0.1, 0.15) is 37.7 Å². The molecule has 1 fully saturated rings. The first-order chi connectivity index (χ1) is 7.36. The highest BCUT2D eigenvalue weighted by Crippen LogP contribution is 2.17. The van der Waals surface area contributed by atoms with E-state index in [0.717, 1.165) is 10.6 Å². The monoisotopic (exact) mass is 220 g/mol. The van der Waals surface area contributed by atoms with Gasteiger partial charge in [-0.3, -0.25) is 4.98 Å². The average molecular weight is 220 g/mol. The highest BCUT2D eigenvalue weighted by Gasteiger charge is 2.14. The molecule has 80 valence electrons. The van der Waals surface area contributed by atoms with Gasteiger partial charge in [0.25, 0.3) is 0 Å². The van der Waals surface area contributed by atoms with Crippen molar-refractivity contribution >= 4 is 17.2 Å². The molecule has 1 aromatic rings. The second-order valence-electron chi connectivity index (χ2n) is 4.05. The minimum absolute atomic E-state index is 0.575. The second-order valence-corrected chi connectivity index (χ2v) is 4.46. The summed E-state index contributed by atoms with van der Waals surface area (Å²) in [6.45, 7) is 0. The molecule has 1 aromatic heterocycles. The molecule has 0 aliphatic heterocycles. The number of aromatic nitrogens is 1. The van der Waals surface area contributed by atoms with Crippen molar-refractivity contribution < 1.29 is 0 Å². The predicted molar refractivity (Wildman–Crippen MR) is 65.9 cm³/mol. The van der Waals surface area contributed by atoms with Gasteiger partial charge in [0.2, 0.25) is 0 Å². The second kappa shape index (κ2) is 5.21. The van der Waals surface area contributed by atoms with Crippen LogP contribution in [0.4, 0.5) is 0 Å². The summed E-state index contributed by atoms with van der Waals surface area (Å²) in [7, 11) is 0. The van der Waals surface area contributed by atoms with Gasteiger partial charge >= 0.3 is 0 Å². The molecule has 1 N–H and O–H groups in total. The molecule has 2 nitrogen and oxygen atoms in total. The van der Waals surface area contributed by atoms with Gasteiger partial charge in [-0.2, -0.15) is 0 Å². The Hall–Kier alpha value is -0.960. The third-order valence-electron chi connectivity index (χ3n) is 2.86. The fourth-order valence-corrected chi connectivity index (χ4v) is 2.30. The first kappa shape index (κ1) is 10.6. The van der Waals surface area contributed by atoms with E-state index < -0.39 is 0 Å². The summed E-state index contributed by atoms with van der Waals surface area (Å²) in [4.78, 5) is 4.91. The van der Waals surface area contributed by atoms with Crippen LogP contribution in [-0.4, -0.2) is 16.0 Å². The topological polar surface area (TPSA) is 24.9 Å². The standard InChI is InChI=1S/C12H16N2S/c15-12(10-5-4-8-13-9-10)14-11-6-2-1-3-7-11/h4-5,8-9,11H,1-3,6-7H2,(H,14,15). The maximum atomic E-state index is 5.35.